The first-order chi connectivity index (χ1) is 11.3. The molecule has 0 spiro atoms. The number of ether oxygens (including phenoxy) is 1. The third kappa shape index (κ3) is 4.21. The summed E-state index contributed by atoms with van der Waals surface area (Å²) in [6.45, 7) is -0.465. The quantitative estimate of drug-likeness (QED) is 0.840. The molecule has 0 aliphatic carbocycles. The zero-order valence-electron chi connectivity index (χ0n) is 12.1. The van der Waals surface area contributed by atoms with Crippen molar-refractivity contribution in [3.63, 3.8) is 0 Å². The zero-order chi connectivity index (χ0) is 17.7. The third-order valence-electron chi connectivity index (χ3n) is 2.90. The molecular formula is C15H12ClF2NO4S. The van der Waals surface area contributed by atoms with E-state index < -0.39 is 33.0 Å². The van der Waals surface area contributed by atoms with Gasteiger partial charge in [-0.1, -0.05) is 35.9 Å². The Morgan fingerprint density at radius 1 is 1.12 bits per heavy atom. The van der Waals surface area contributed by atoms with E-state index in [-0.39, 0.29) is 11.4 Å². The summed E-state index contributed by atoms with van der Waals surface area (Å²) in [4.78, 5) is 11.2. The van der Waals surface area contributed by atoms with Gasteiger partial charge in [-0.05, 0) is 24.3 Å². The minimum atomic E-state index is -4.84. The Labute approximate surface area is 142 Å². The number of hydrogen-bond acceptors (Lipinski definition) is 4. The van der Waals surface area contributed by atoms with Crippen LogP contribution in [-0.4, -0.2) is 26.7 Å². The Bertz CT molecular complexity index is 843. The lowest BCUT2D eigenvalue weighted by Crippen LogP contribution is -2.22. The van der Waals surface area contributed by atoms with Gasteiger partial charge in [0.15, 0.2) is 6.61 Å². The van der Waals surface area contributed by atoms with E-state index in [0.29, 0.717) is 5.02 Å². The van der Waals surface area contributed by atoms with Crippen molar-refractivity contribution in [2.45, 2.75) is 10.7 Å². The average Bonchev–Trinajstić information content (AvgIpc) is 2.54. The molecule has 0 radical (unpaired) electrons. The fourth-order valence-electron chi connectivity index (χ4n) is 1.81. The van der Waals surface area contributed by atoms with Crippen LogP contribution in [0, 0.1) is 0 Å². The number of benzene rings is 2. The molecular weight excluding hydrogens is 364 g/mol. The van der Waals surface area contributed by atoms with Gasteiger partial charge in [-0.2, -0.15) is 8.78 Å². The number of para-hydroxylation sites is 2. The van der Waals surface area contributed by atoms with Gasteiger partial charge < -0.3 is 10.1 Å². The van der Waals surface area contributed by atoms with Crippen molar-refractivity contribution >= 4 is 33.0 Å². The van der Waals surface area contributed by atoms with E-state index in [4.69, 9.17) is 16.3 Å². The number of rotatable bonds is 6. The lowest BCUT2D eigenvalue weighted by atomic mass is 10.3. The topological polar surface area (TPSA) is 72.5 Å². The molecule has 0 saturated carbocycles. The Balaban J connectivity index is 2.12. The fraction of sp³-hybridized carbons (Fsp3) is 0.133. The van der Waals surface area contributed by atoms with Gasteiger partial charge in [-0.15, -0.1) is 0 Å². The monoisotopic (exact) mass is 375 g/mol. The van der Waals surface area contributed by atoms with Gasteiger partial charge in [0.1, 0.15) is 5.75 Å². The predicted molar refractivity (Wildman–Crippen MR) is 85.2 cm³/mol. The summed E-state index contributed by atoms with van der Waals surface area (Å²) >= 11 is 5.87. The van der Waals surface area contributed by atoms with E-state index in [1.54, 1.807) is 24.3 Å². The molecule has 0 aliphatic heterocycles. The molecule has 2 rings (SSSR count). The standard InChI is InChI=1S/C15H12ClF2NO4S/c16-10-5-1-3-7-12(10)23-9-14(20)19-11-6-2-4-8-13(11)24(21,22)15(17)18/h1-8,15H,9H2,(H,19,20). The molecule has 0 atom stereocenters. The molecule has 128 valence electrons. The van der Waals surface area contributed by atoms with Crippen LogP contribution >= 0.6 is 11.6 Å². The molecule has 1 N–H and O–H groups in total. The lowest BCUT2D eigenvalue weighted by molar-refractivity contribution is -0.118. The molecule has 9 heteroatoms. The van der Waals surface area contributed by atoms with Crippen molar-refractivity contribution in [3.05, 3.63) is 53.6 Å². The van der Waals surface area contributed by atoms with Crippen LogP contribution < -0.4 is 10.1 Å². The summed E-state index contributed by atoms with van der Waals surface area (Å²) in [5.74, 6) is -4.04. The van der Waals surface area contributed by atoms with E-state index >= 15 is 0 Å². The van der Waals surface area contributed by atoms with Crippen LogP contribution in [0.3, 0.4) is 0 Å². The fourth-order valence-corrected chi connectivity index (χ4v) is 2.88. The number of nitrogens with one attached hydrogen (secondary N) is 1. The van der Waals surface area contributed by atoms with Gasteiger partial charge >= 0.3 is 5.76 Å². The molecule has 2 aromatic rings. The molecule has 1 amide bonds. The average molecular weight is 376 g/mol. The summed E-state index contributed by atoms with van der Waals surface area (Å²) in [5, 5.41) is 2.54. The normalized spacial score (nSPS) is 11.3. The third-order valence-corrected chi connectivity index (χ3v) is 4.65. The lowest BCUT2D eigenvalue weighted by Gasteiger charge is -2.12. The Morgan fingerprint density at radius 3 is 2.42 bits per heavy atom. The number of sulfone groups is 1. The summed E-state index contributed by atoms with van der Waals surface area (Å²) < 4.78 is 53.8. The maximum absolute atomic E-state index is 12.7. The number of carbonyl (C=O) groups excluding carboxylic acids is 1. The number of alkyl halides is 2. The number of halogens is 3. The maximum Gasteiger partial charge on any atom is 0.341 e. The molecule has 0 saturated heterocycles. The van der Waals surface area contributed by atoms with Crippen molar-refractivity contribution in [2.75, 3.05) is 11.9 Å². The van der Waals surface area contributed by atoms with Gasteiger partial charge in [0, 0.05) is 0 Å². The van der Waals surface area contributed by atoms with E-state index in [1.165, 1.54) is 18.2 Å². The van der Waals surface area contributed by atoms with Crippen LogP contribution in [-0.2, 0) is 14.6 Å². The van der Waals surface area contributed by atoms with Crippen molar-refractivity contribution in [2.24, 2.45) is 0 Å². The molecule has 2 aromatic carbocycles. The number of hydrogen-bond donors (Lipinski definition) is 1. The van der Waals surface area contributed by atoms with Crippen LogP contribution in [0.25, 0.3) is 0 Å². The largest absolute Gasteiger partial charge is 0.482 e. The van der Waals surface area contributed by atoms with Crippen molar-refractivity contribution < 1.29 is 26.7 Å². The molecule has 0 aromatic heterocycles. The Kier molecular flexibility index (Phi) is 5.74. The van der Waals surface area contributed by atoms with Crippen LogP contribution in [0.4, 0.5) is 14.5 Å². The second-order valence-electron chi connectivity index (χ2n) is 4.57. The van der Waals surface area contributed by atoms with Crippen molar-refractivity contribution in [1.29, 1.82) is 0 Å². The first-order valence-electron chi connectivity index (χ1n) is 6.60. The van der Waals surface area contributed by atoms with Gasteiger partial charge in [0.2, 0.25) is 9.84 Å². The minimum Gasteiger partial charge on any atom is -0.482 e. The summed E-state index contributed by atoms with van der Waals surface area (Å²) in [6, 6.07) is 11.4. The SMILES string of the molecule is O=C(COc1ccccc1Cl)Nc1ccccc1S(=O)(=O)C(F)F. The van der Waals surface area contributed by atoms with E-state index in [1.807, 2.05) is 0 Å². The molecule has 5 nitrogen and oxygen atoms in total. The molecule has 0 unspecified atom stereocenters. The highest BCUT2D eigenvalue weighted by Crippen LogP contribution is 2.26. The van der Waals surface area contributed by atoms with Gasteiger partial charge in [0.25, 0.3) is 5.91 Å². The molecule has 24 heavy (non-hydrogen) atoms. The first-order valence-corrected chi connectivity index (χ1v) is 8.53. The number of carbonyl (C=O) groups is 1. The number of anilines is 1. The summed E-state index contributed by atoms with van der Waals surface area (Å²) in [6.07, 6.45) is 0. The highest BCUT2D eigenvalue weighted by Gasteiger charge is 2.29. The van der Waals surface area contributed by atoms with Gasteiger partial charge in [-0.25, -0.2) is 8.42 Å². The maximum atomic E-state index is 12.7. The Morgan fingerprint density at radius 2 is 1.75 bits per heavy atom. The van der Waals surface area contributed by atoms with Gasteiger partial charge in [-0.3, -0.25) is 4.79 Å². The second kappa shape index (κ2) is 7.59. The highest BCUT2D eigenvalue weighted by atomic mass is 35.5. The smallest absolute Gasteiger partial charge is 0.341 e. The van der Waals surface area contributed by atoms with Crippen LogP contribution in [0.15, 0.2) is 53.4 Å². The van der Waals surface area contributed by atoms with E-state index in [9.17, 15) is 22.0 Å². The summed E-state index contributed by atoms with van der Waals surface area (Å²) in [5.41, 5.74) is -0.245. The predicted octanol–water partition coefficient (Wildman–Crippen LogP) is 3.35. The Hall–Kier alpha value is -2.19. The van der Waals surface area contributed by atoms with Crippen molar-refractivity contribution in [1.82, 2.24) is 0 Å². The minimum absolute atomic E-state index is 0.245. The molecule has 0 fully saturated rings. The molecule has 0 aliphatic rings. The van der Waals surface area contributed by atoms with Crippen LogP contribution in [0.5, 0.6) is 5.75 Å². The highest BCUT2D eigenvalue weighted by molar-refractivity contribution is 7.91. The number of amides is 1. The molecule has 0 heterocycles. The van der Waals surface area contributed by atoms with Gasteiger partial charge in [0.05, 0.1) is 15.6 Å². The molecule has 0 bridgehead atoms. The van der Waals surface area contributed by atoms with Crippen LogP contribution in [0.2, 0.25) is 5.02 Å². The van der Waals surface area contributed by atoms with Crippen LogP contribution in [0.1, 0.15) is 0 Å². The first kappa shape index (κ1) is 18.2. The van der Waals surface area contributed by atoms with Crippen molar-refractivity contribution in [3.8, 4) is 5.75 Å². The zero-order valence-corrected chi connectivity index (χ0v) is 13.7. The second-order valence-corrected chi connectivity index (χ2v) is 6.86. The van der Waals surface area contributed by atoms with E-state index in [2.05, 4.69) is 5.32 Å². The van der Waals surface area contributed by atoms with E-state index in [0.717, 1.165) is 6.07 Å². The summed E-state index contributed by atoms with van der Waals surface area (Å²) in [7, 11) is -4.84.